The van der Waals surface area contributed by atoms with Crippen molar-refractivity contribution in [1.29, 1.82) is 0 Å². The number of nitrogens with zero attached hydrogens (tertiary/aromatic N) is 3. The number of rotatable bonds is 3. The van der Waals surface area contributed by atoms with Crippen LogP contribution in [-0.4, -0.2) is 28.2 Å². The number of thiazole rings is 1. The molecular formula is C16H14N4O2S. The van der Waals surface area contributed by atoms with E-state index in [1.165, 1.54) is 11.3 Å². The summed E-state index contributed by atoms with van der Waals surface area (Å²) < 4.78 is 11.3. The lowest BCUT2D eigenvalue weighted by Gasteiger charge is -2.09. The molecule has 0 fully saturated rings. The van der Waals surface area contributed by atoms with Gasteiger partial charge in [0.2, 0.25) is 0 Å². The van der Waals surface area contributed by atoms with Crippen LogP contribution in [0.1, 0.15) is 6.42 Å². The largest absolute Gasteiger partial charge is 0.490 e. The molecule has 0 spiro atoms. The van der Waals surface area contributed by atoms with Gasteiger partial charge in [0, 0.05) is 35.9 Å². The fraction of sp³-hybridized carbons (Fsp3) is 0.188. The van der Waals surface area contributed by atoms with E-state index in [1.807, 2.05) is 23.6 Å². The highest BCUT2D eigenvalue weighted by atomic mass is 32.1. The summed E-state index contributed by atoms with van der Waals surface area (Å²) in [6.45, 7) is 1.36. The molecule has 0 saturated carbocycles. The van der Waals surface area contributed by atoms with Crippen LogP contribution in [0.3, 0.4) is 0 Å². The van der Waals surface area contributed by atoms with Crippen molar-refractivity contribution in [3.63, 3.8) is 0 Å². The van der Waals surface area contributed by atoms with Gasteiger partial charge in [-0.05, 0) is 12.1 Å². The summed E-state index contributed by atoms with van der Waals surface area (Å²) in [6, 6.07) is 5.81. The van der Waals surface area contributed by atoms with Crippen LogP contribution in [-0.2, 0) is 0 Å². The normalized spacial score (nSPS) is 13.4. The van der Waals surface area contributed by atoms with E-state index in [0.29, 0.717) is 13.2 Å². The molecule has 4 rings (SSSR count). The Labute approximate surface area is 137 Å². The maximum atomic E-state index is 5.70. The Morgan fingerprint density at radius 3 is 2.83 bits per heavy atom. The molecule has 6 nitrogen and oxygen atoms in total. The Hall–Kier alpha value is -2.67. The molecule has 0 aliphatic carbocycles. The number of nitrogens with one attached hydrogen (secondary N) is 1. The Morgan fingerprint density at radius 1 is 1.04 bits per heavy atom. The third-order valence-electron chi connectivity index (χ3n) is 3.33. The molecule has 1 aromatic carbocycles. The molecule has 1 aliphatic heterocycles. The van der Waals surface area contributed by atoms with Gasteiger partial charge in [0.15, 0.2) is 16.6 Å². The molecule has 0 saturated heterocycles. The summed E-state index contributed by atoms with van der Waals surface area (Å²) in [6.07, 6.45) is 5.90. The van der Waals surface area contributed by atoms with Crippen LogP contribution < -0.4 is 14.8 Å². The zero-order chi connectivity index (χ0) is 15.5. The van der Waals surface area contributed by atoms with Crippen LogP contribution in [0.5, 0.6) is 11.5 Å². The number of benzene rings is 1. The second kappa shape index (κ2) is 6.21. The van der Waals surface area contributed by atoms with E-state index in [1.54, 1.807) is 18.6 Å². The molecule has 3 heterocycles. The summed E-state index contributed by atoms with van der Waals surface area (Å²) >= 11 is 1.52. The van der Waals surface area contributed by atoms with E-state index in [2.05, 4.69) is 20.3 Å². The maximum absolute atomic E-state index is 5.70. The van der Waals surface area contributed by atoms with E-state index < -0.39 is 0 Å². The first-order chi connectivity index (χ1) is 11.4. The molecule has 1 N–H and O–H groups in total. The standard InChI is InChI=1S/C16H14N4O2S/c1-6-21-14-3-2-11(8-15(14)22-7-1)19-16-20-13(10-23-16)12-9-17-4-5-18-12/h2-5,8-10H,1,6-7H2,(H,19,20). The van der Waals surface area contributed by atoms with Crippen molar-refractivity contribution in [3.05, 3.63) is 42.2 Å². The molecule has 1 aliphatic rings. The monoisotopic (exact) mass is 326 g/mol. The predicted molar refractivity (Wildman–Crippen MR) is 88.5 cm³/mol. The van der Waals surface area contributed by atoms with Gasteiger partial charge in [0.05, 0.1) is 19.4 Å². The Morgan fingerprint density at radius 2 is 1.96 bits per heavy atom. The third-order valence-corrected chi connectivity index (χ3v) is 4.09. The van der Waals surface area contributed by atoms with Crippen molar-refractivity contribution >= 4 is 22.2 Å². The molecule has 23 heavy (non-hydrogen) atoms. The van der Waals surface area contributed by atoms with Gasteiger partial charge in [0.1, 0.15) is 11.4 Å². The van der Waals surface area contributed by atoms with E-state index in [4.69, 9.17) is 9.47 Å². The summed E-state index contributed by atoms with van der Waals surface area (Å²) in [7, 11) is 0. The van der Waals surface area contributed by atoms with Crippen molar-refractivity contribution in [2.75, 3.05) is 18.5 Å². The zero-order valence-electron chi connectivity index (χ0n) is 12.2. The lowest BCUT2D eigenvalue weighted by atomic mass is 10.3. The Kier molecular flexibility index (Phi) is 3.77. The minimum Gasteiger partial charge on any atom is -0.490 e. The molecule has 0 atom stereocenters. The van der Waals surface area contributed by atoms with Crippen molar-refractivity contribution in [2.45, 2.75) is 6.42 Å². The van der Waals surface area contributed by atoms with Crippen LogP contribution in [0.2, 0.25) is 0 Å². The van der Waals surface area contributed by atoms with Crippen LogP contribution in [0, 0.1) is 0 Å². The number of anilines is 2. The van der Waals surface area contributed by atoms with E-state index >= 15 is 0 Å². The minimum absolute atomic E-state index is 0.671. The molecule has 0 unspecified atom stereocenters. The zero-order valence-corrected chi connectivity index (χ0v) is 13.0. The van der Waals surface area contributed by atoms with Gasteiger partial charge in [-0.2, -0.15) is 0 Å². The molecule has 0 amide bonds. The van der Waals surface area contributed by atoms with Crippen LogP contribution in [0.4, 0.5) is 10.8 Å². The smallest absolute Gasteiger partial charge is 0.187 e. The van der Waals surface area contributed by atoms with Crippen LogP contribution >= 0.6 is 11.3 Å². The Bertz CT molecular complexity index is 807. The van der Waals surface area contributed by atoms with Crippen LogP contribution in [0.15, 0.2) is 42.2 Å². The van der Waals surface area contributed by atoms with E-state index in [9.17, 15) is 0 Å². The second-order valence-corrected chi connectivity index (χ2v) is 5.82. The average Bonchev–Trinajstić information content (AvgIpc) is 2.93. The number of hydrogen-bond acceptors (Lipinski definition) is 7. The van der Waals surface area contributed by atoms with Gasteiger partial charge in [-0.1, -0.05) is 0 Å². The molecule has 116 valence electrons. The van der Waals surface area contributed by atoms with E-state index in [0.717, 1.165) is 40.1 Å². The molecule has 3 aromatic rings. The van der Waals surface area contributed by atoms with Gasteiger partial charge in [-0.15, -0.1) is 11.3 Å². The van der Waals surface area contributed by atoms with Gasteiger partial charge < -0.3 is 14.8 Å². The number of ether oxygens (including phenoxy) is 2. The van der Waals surface area contributed by atoms with Crippen molar-refractivity contribution in [2.24, 2.45) is 0 Å². The maximum Gasteiger partial charge on any atom is 0.187 e. The summed E-state index contributed by atoms with van der Waals surface area (Å²) in [5.74, 6) is 1.55. The Balaban J connectivity index is 1.55. The topological polar surface area (TPSA) is 69.2 Å². The fourth-order valence-electron chi connectivity index (χ4n) is 2.24. The SMILES string of the molecule is c1cnc(-c2csc(Nc3ccc4c(c3)OCCCO4)n2)cn1. The predicted octanol–water partition coefficient (Wildman–Crippen LogP) is 3.51. The summed E-state index contributed by atoms with van der Waals surface area (Å²) in [5, 5.41) is 6.03. The lowest BCUT2D eigenvalue weighted by molar-refractivity contribution is 0.297. The third kappa shape index (κ3) is 3.09. The number of fused-ring (bicyclic) bond motifs is 1. The quantitative estimate of drug-likeness (QED) is 0.794. The highest BCUT2D eigenvalue weighted by Gasteiger charge is 2.12. The van der Waals surface area contributed by atoms with Crippen molar-refractivity contribution in [3.8, 4) is 22.9 Å². The van der Waals surface area contributed by atoms with Crippen molar-refractivity contribution < 1.29 is 9.47 Å². The molecule has 0 radical (unpaired) electrons. The minimum atomic E-state index is 0.671. The molecular weight excluding hydrogens is 312 g/mol. The lowest BCUT2D eigenvalue weighted by Crippen LogP contribution is -1.97. The van der Waals surface area contributed by atoms with Gasteiger partial charge in [-0.3, -0.25) is 9.97 Å². The second-order valence-electron chi connectivity index (χ2n) is 4.97. The average molecular weight is 326 g/mol. The van der Waals surface area contributed by atoms with Crippen molar-refractivity contribution in [1.82, 2.24) is 15.0 Å². The molecule has 0 bridgehead atoms. The van der Waals surface area contributed by atoms with E-state index in [-0.39, 0.29) is 0 Å². The number of hydrogen-bond donors (Lipinski definition) is 1. The van der Waals surface area contributed by atoms with Gasteiger partial charge in [-0.25, -0.2) is 4.98 Å². The van der Waals surface area contributed by atoms with Crippen LogP contribution in [0.25, 0.3) is 11.4 Å². The molecule has 2 aromatic heterocycles. The summed E-state index contributed by atoms with van der Waals surface area (Å²) in [5.41, 5.74) is 2.48. The number of aromatic nitrogens is 3. The van der Waals surface area contributed by atoms with Gasteiger partial charge in [0.25, 0.3) is 0 Å². The highest BCUT2D eigenvalue weighted by molar-refractivity contribution is 7.14. The first-order valence-corrected chi connectivity index (χ1v) is 8.15. The first kappa shape index (κ1) is 14.0. The summed E-state index contributed by atoms with van der Waals surface area (Å²) in [4.78, 5) is 12.9. The first-order valence-electron chi connectivity index (χ1n) is 7.27. The van der Waals surface area contributed by atoms with Gasteiger partial charge >= 0.3 is 0 Å². The molecule has 7 heteroatoms. The fourth-order valence-corrected chi connectivity index (χ4v) is 2.97. The highest BCUT2D eigenvalue weighted by Crippen LogP contribution is 2.34.